The van der Waals surface area contributed by atoms with E-state index < -0.39 is 24.6 Å². The monoisotopic (exact) mass is 327 g/mol. The number of hydrogen-bond donors (Lipinski definition) is 1. The summed E-state index contributed by atoms with van der Waals surface area (Å²) in [4.78, 5) is 10.9. The summed E-state index contributed by atoms with van der Waals surface area (Å²) in [5.74, 6) is -0.0654. The molecule has 0 fully saturated rings. The van der Waals surface area contributed by atoms with E-state index in [2.05, 4.69) is 0 Å². The molecule has 0 aliphatic rings. The number of alkyl halides is 3. The van der Waals surface area contributed by atoms with Crippen LogP contribution in [-0.2, 0) is 4.79 Å². The zero-order valence-corrected chi connectivity index (χ0v) is 12.4. The maximum atomic E-state index is 12.1. The highest BCUT2D eigenvalue weighted by Crippen LogP contribution is 2.32. The van der Waals surface area contributed by atoms with E-state index >= 15 is 0 Å². The van der Waals surface area contributed by atoms with Crippen LogP contribution >= 0.6 is 12.4 Å². The number of nitrogens with two attached hydrogens (primary N) is 1. The summed E-state index contributed by atoms with van der Waals surface area (Å²) in [6.45, 7) is 1.24. The van der Waals surface area contributed by atoms with E-state index in [1.54, 1.807) is 0 Å². The molecular formula is C13H17ClF3NO3. The van der Waals surface area contributed by atoms with E-state index in [4.69, 9.17) is 15.2 Å². The number of hydrogen-bond acceptors (Lipinski definition) is 4. The van der Waals surface area contributed by atoms with E-state index in [0.29, 0.717) is 5.56 Å². The summed E-state index contributed by atoms with van der Waals surface area (Å²) in [6, 6.07) is 3.67. The highest BCUT2D eigenvalue weighted by molar-refractivity contribution is 5.85. The molecule has 0 spiro atoms. The normalized spacial score (nSPS) is 12.3. The summed E-state index contributed by atoms with van der Waals surface area (Å²) in [6.07, 6.45) is -5.42. The Morgan fingerprint density at radius 2 is 1.95 bits per heavy atom. The van der Waals surface area contributed by atoms with Gasteiger partial charge >= 0.3 is 12.1 Å². The average molecular weight is 328 g/mol. The molecule has 0 aliphatic heterocycles. The highest BCUT2D eigenvalue weighted by atomic mass is 35.5. The lowest BCUT2D eigenvalue weighted by atomic mass is 10.0. The van der Waals surface area contributed by atoms with Crippen molar-refractivity contribution in [2.45, 2.75) is 32.0 Å². The van der Waals surface area contributed by atoms with Crippen molar-refractivity contribution in [3.05, 3.63) is 23.8 Å². The number of carbonyl (C=O) groups excluding carboxylic acids is 1. The zero-order chi connectivity index (χ0) is 15.3. The van der Waals surface area contributed by atoms with Gasteiger partial charge in [-0.25, -0.2) is 0 Å². The van der Waals surface area contributed by atoms with Gasteiger partial charge in [0.05, 0.1) is 7.11 Å². The molecule has 4 nitrogen and oxygen atoms in total. The van der Waals surface area contributed by atoms with Gasteiger partial charge in [0, 0.05) is 19.4 Å². The molecule has 8 heteroatoms. The van der Waals surface area contributed by atoms with Crippen molar-refractivity contribution in [2.75, 3.05) is 7.11 Å². The second kappa shape index (κ2) is 8.09. The van der Waals surface area contributed by atoms with Crippen molar-refractivity contribution in [1.29, 1.82) is 0 Å². The van der Waals surface area contributed by atoms with Gasteiger partial charge in [-0.3, -0.25) is 4.79 Å². The van der Waals surface area contributed by atoms with E-state index in [9.17, 15) is 18.0 Å². The molecule has 0 aliphatic carbocycles. The number of halogens is 4. The molecule has 0 saturated heterocycles. The van der Waals surface area contributed by atoms with Crippen molar-refractivity contribution in [3.8, 4) is 11.5 Å². The molecule has 0 saturated carbocycles. The number of ether oxygens (including phenoxy) is 2. The molecule has 0 bridgehead atoms. The van der Waals surface area contributed by atoms with Crippen LogP contribution in [-0.4, -0.2) is 19.3 Å². The predicted molar refractivity (Wildman–Crippen MR) is 73.8 cm³/mol. The molecule has 1 aromatic rings. The molecule has 0 amide bonds. The second-order valence-corrected chi connectivity index (χ2v) is 4.26. The lowest BCUT2D eigenvalue weighted by Gasteiger charge is -2.16. The first-order valence-corrected chi connectivity index (χ1v) is 5.91. The SMILES string of the molecule is COc1cc([C@H](N)CCC(F)(F)F)ccc1OC(C)=O.Cl. The van der Waals surface area contributed by atoms with Crippen molar-refractivity contribution in [1.82, 2.24) is 0 Å². The molecule has 1 aromatic carbocycles. The first-order valence-electron chi connectivity index (χ1n) is 5.91. The second-order valence-electron chi connectivity index (χ2n) is 4.26. The molecule has 0 heterocycles. The summed E-state index contributed by atoms with van der Waals surface area (Å²) >= 11 is 0. The maximum absolute atomic E-state index is 12.1. The third-order valence-corrected chi connectivity index (χ3v) is 2.61. The minimum Gasteiger partial charge on any atom is -0.493 e. The molecular weight excluding hydrogens is 311 g/mol. The van der Waals surface area contributed by atoms with Crippen LogP contribution in [0.4, 0.5) is 13.2 Å². The summed E-state index contributed by atoms with van der Waals surface area (Å²) in [5.41, 5.74) is 6.20. The van der Waals surface area contributed by atoms with Crippen molar-refractivity contribution < 1.29 is 27.4 Å². The number of rotatable bonds is 5. The highest BCUT2D eigenvalue weighted by Gasteiger charge is 2.28. The van der Waals surface area contributed by atoms with Crippen LogP contribution in [0.2, 0.25) is 0 Å². The number of benzene rings is 1. The van der Waals surface area contributed by atoms with Crippen molar-refractivity contribution in [3.63, 3.8) is 0 Å². The molecule has 0 unspecified atom stereocenters. The third kappa shape index (κ3) is 6.68. The Bertz CT molecular complexity index is 480. The van der Waals surface area contributed by atoms with Gasteiger partial charge in [0.15, 0.2) is 11.5 Å². The van der Waals surface area contributed by atoms with Gasteiger partial charge in [0.1, 0.15) is 0 Å². The minimum atomic E-state index is -4.24. The Balaban J connectivity index is 0.00000400. The predicted octanol–water partition coefficient (Wildman–Crippen LogP) is 3.38. The van der Waals surface area contributed by atoms with Gasteiger partial charge in [-0.05, 0) is 24.1 Å². The van der Waals surface area contributed by atoms with Crippen LogP contribution < -0.4 is 15.2 Å². The minimum absolute atomic E-state index is 0. The Morgan fingerprint density at radius 1 is 1.33 bits per heavy atom. The van der Waals surface area contributed by atoms with E-state index in [1.165, 1.54) is 32.2 Å². The summed E-state index contributed by atoms with van der Waals surface area (Å²) < 4.78 is 46.4. The Labute approximate surface area is 126 Å². The first-order chi connectivity index (χ1) is 9.23. The molecule has 1 rings (SSSR count). The molecule has 120 valence electrons. The van der Waals surface area contributed by atoms with Gasteiger partial charge in [0.2, 0.25) is 0 Å². The van der Waals surface area contributed by atoms with Crippen LogP contribution in [0.5, 0.6) is 11.5 Å². The fourth-order valence-electron chi connectivity index (χ4n) is 1.64. The first kappa shape index (κ1) is 19.5. The van der Waals surface area contributed by atoms with Crippen LogP contribution in [0.15, 0.2) is 18.2 Å². The summed E-state index contributed by atoms with van der Waals surface area (Å²) in [7, 11) is 1.37. The standard InChI is InChI=1S/C13H16F3NO3.ClH/c1-8(18)20-11-4-3-9(7-12(11)19-2)10(17)5-6-13(14,15)16;/h3-4,7,10H,5-6,17H2,1-2H3;1H/t10-;/m1./s1. The summed E-state index contributed by atoms with van der Waals surface area (Å²) in [5, 5.41) is 0. The fourth-order valence-corrected chi connectivity index (χ4v) is 1.64. The third-order valence-electron chi connectivity index (χ3n) is 2.61. The van der Waals surface area contributed by atoms with E-state index in [0.717, 1.165) is 0 Å². The topological polar surface area (TPSA) is 61.6 Å². The molecule has 2 N–H and O–H groups in total. The average Bonchev–Trinajstić information content (AvgIpc) is 2.34. The lowest BCUT2D eigenvalue weighted by molar-refractivity contribution is -0.136. The van der Waals surface area contributed by atoms with Crippen LogP contribution in [0.1, 0.15) is 31.4 Å². The number of carbonyl (C=O) groups is 1. The Morgan fingerprint density at radius 3 is 2.43 bits per heavy atom. The molecule has 21 heavy (non-hydrogen) atoms. The van der Waals surface area contributed by atoms with Crippen LogP contribution in [0.25, 0.3) is 0 Å². The van der Waals surface area contributed by atoms with Gasteiger partial charge in [-0.2, -0.15) is 13.2 Å². The lowest BCUT2D eigenvalue weighted by Crippen LogP contribution is -2.16. The molecule has 0 radical (unpaired) electrons. The maximum Gasteiger partial charge on any atom is 0.389 e. The van der Waals surface area contributed by atoms with Gasteiger partial charge in [-0.15, -0.1) is 12.4 Å². The number of methoxy groups -OCH3 is 1. The van der Waals surface area contributed by atoms with E-state index in [-0.39, 0.29) is 30.3 Å². The Kier molecular flexibility index (Phi) is 7.52. The molecule has 1 atom stereocenters. The van der Waals surface area contributed by atoms with Crippen LogP contribution in [0.3, 0.4) is 0 Å². The zero-order valence-electron chi connectivity index (χ0n) is 11.6. The quantitative estimate of drug-likeness (QED) is 0.665. The van der Waals surface area contributed by atoms with Crippen molar-refractivity contribution in [2.24, 2.45) is 5.73 Å². The largest absolute Gasteiger partial charge is 0.493 e. The smallest absolute Gasteiger partial charge is 0.389 e. The van der Waals surface area contributed by atoms with Crippen molar-refractivity contribution >= 4 is 18.4 Å². The Hall–Kier alpha value is -1.47. The van der Waals surface area contributed by atoms with Gasteiger partial charge in [-0.1, -0.05) is 6.07 Å². The fraction of sp³-hybridized carbons (Fsp3) is 0.462. The van der Waals surface area contributed by atoms with Gasteiger partial charge < -0.3 is 15.2 Å². The van der Waals surface area contributed by atoms with Gasteiger partial charge in [0.25, 0.3) is 0 Å². The number of esters is 1. The van der Waals surface area contributed by atoms with E-state index in [1.807, 2.05) is 0 Å². The molecule has 0 aromatic heterocycles. The van der Waals surface area contributed by atoms with Crippen LogP contribution in [0, 0.1) is 0 Å².